The average molecular weight is 283 g/mol. The van der Waals surface area contributed by atoms with Crippen molar-refractivity contribution in [2.75, 3.05) is 12.3 Å². The molecule has 1 atom stereocenters. The number of unbranched alkanes of at least 4 members (excludes halogenated alkanes) is 1. The van der Waals surface area contributed by atoms with Crippen LogP contribution in [0.1, 0.15) is 50.4 Å². The summed E-state index contributed by atoms with van der Waals surface area (Å²) in [6, 6.07) is 5.27. The van der Waals surface area contributed by atoms with Gasteiger partial charge >= 0.3 is 0 Å². The lowest BCUT2D eigenvalue weighted by Gasteiger charge is -2.29. The molecule has 0 heterocycles. The summed E-state index contributed by atoms with van der Waals surface area (Å²) in [5.74, 6) is -0.00667. The van der Waals surface area contributed by atoms with E-state index in [2.05, 4.69) is 20.8 Å². The molecule has 1 aromatic rings. The van der Waals surface area contributed by atoms with Crippen molar-refractivity contribution in [3.05, 3.63) is 28.8 Å². The fourth-order valence-electron chi connectivity index (χ4n) is 1.93. The highest BCUT2D eigenvalue weighted by Crippen LogP contribution is 2.22. The van der Waals surface area contributed by atoms with Gasteiger partial charge in [0.05, 0.1) is 10.6 Å². The Hall–Kier alpha value is -1.22. The van der Waals surface area contributed by atoms with E-state index in [1.165, 1.54) is 0 Å². The number of halogens is 1. The van der Waals surface area contributed by atoms with Crippen LogP contribution in [-0.2, 0) is 0 Å². The Kier molecular flexibility index (Phi) is 6.16. The maximum atomic E-state index is 12.6. The van der Waals surface area contributed by atoms with Gasteiger partial charge in [0.15, 0.2) is 0 Å². The first-order valence-electron chi connectivity index (χ1n) is 6.87. The molecule has 0 bridgehead atoms. The third-order valence-electron chi connectivity index (χ3n) is 3.36. The van der Waals surface area contributed by atoms with Crippen LogP contribution >= 0.6 is 11.6 Å². The Labute approximate surface area is 120 Å². The zero-order valence-electron chi connectivity index (χ0n) is 11.9. The lowest BCUT2D eigenvalue weighted by atomic mass is 10.1. The third-order valence-corrected chi connectivity index (χ3v) is 3.67. The maximum absolute atomic E-state index is 12.6. The number of carbonyl (C=O) groups is 1. The van der Waals surface area contributed by atoms with E-state index < -0.39 is 0 Å². The summed E-state index contributed by atoms with van der Waals surface area (Å²) in [4.78, 5) is 14.5. The Balaban J connectivity index is 2.97. The number of nitrogens with zero attached hydrogens (tertiary/aromatic N) is 1. The van der Waals surface area contributed by atoms with Crippen LogP contribution < -0.4 is 5.73 Å². The topological polar surface area (TPSA) is 46.3 Å². The van der Waals surface area contributed by atoms with Gasteiger partial charge in [-0.1, -0.05) is 31.9 Å². The summed E-state index contributed by atoms with van der Waals surface area (Å²) < 4.78 is 0. The molecule has 0 aliphatic heterocycles. The van der Waals surface area contributed by atoms with E-state index in [1.54, 1.807) is 18.2 Å². The van der Waals surface area contributed by atoms with Gasteiger partial charge in [-0.15, -0.1) is 0 Å². The molecular formula is C15H23ClN2O. The van der Waals surface area contributed by atoms with E-state index in [9.17, 15) is 4.79 Å². The van der Waals surface area contributed by atoms with Crippen LogP contribution in [-0.4, -0.2) is 23.4 Å². The van der Waals surface area contributed by atoms with Crippen molar-refractivity contribution in [2.45, 2.75) is 46.1 Å². The molecule has 0 aliphatic rings. The van der Waals surface area contributed by atoms with Crippen molar-refractivity contribution < 1.29 is 4.79 Å². The Morgan fingerprint density at radius 2 is 2.11 bits per heavy atom. The summed E-state index contributed by atoms with van der Waals surface area (Å²) >= 11 is 6.12. The molecular weight excluding hydrogens is 260 g/mol. The predicted molar refractivity (Wildman–Crippen MR) is 81.6 cm³/mol. The summed E-state index contributed by atoms with van der Waals surface area (Å²) in [6.07, 6.45) is 3.00. The average Bonchev–Trinajstić information content (AvgIpc) is 2.38. The SMILES string of the molecule is CCCCN(C(=O)c1ccc(N)cc1Cl)C(C)CC. The maximum Gasteiger partial charge on any atom is 0.255 e. The van der Waals surface area contributed by atoms with E-state index in [0.29, 0.717) is 16.3 Å². The summed E-state index contributed by atoms with van der Waals surface area (Å²) in [7, 11) is 0. The van der Waals surface area contributed by atoms with E-state index in [-0.39, 0.29) is 11.9 Å². The molecule has 3 nitrogen and oxygen atoms in total. The number of anilines is 1. The van der Waals surface area contributed by atoms with Crippen LogP contribution in [0.3, 0.4) is 0 Å². The van der Waals surface area contributed by atoms with Gasteiger partial charge in [-0.05, 0) is 38.0 Å². The van der Waals surface area contributed by atoms with E-state index >= 15 is 0 Å². The molecule has 4 heteroatoms. The van der Waals surface area contributed by atoms with Crippen LogP contribution in [0.25, 0.3) is 0 Å². The monoisotopic (exact) mass is 282 g/mol. The van der Waals surface area contributed by atoms with Crippen molar-refractivity contribution in [1.82, 2.24) is 4.90 Å². The molecule has 1 amide bonds. The van der Waals surface area contributed by atoms with Crippen LogP contribution in [0.4, 0.5) is 5.69 Å². The highest BCUT2D eigenvalue weighted by atomic mass is 35.5. The van der Waals surface area contributed by atoms with Crippen molar-refractivity contribution in [3.8, 4) is 0 Å². The number of hydrogen-bond acceptors (Lipinski definition) is 2. The van der Waals surface area contributed by atoms with E-state index in [1.807, 2.05) is 4.90 Å². The lowest BCUT2D eigenvalue weighted by Crippen LogP contribution is -2.39. The number of nitrogen functional groups attached to an aromatic ring is 1. The van der Waals surface area contributed by atoms with Crippen LogP contribution in [0, 0.1) is 0 Å². The largest absolute Gasteiger partial charge is 0.399 e. The van der Waals surface area contributed by atoms with Crippen molar-refractivity contribution in [1.29, 1.82) is 0 Å². The molecule has 0 radical (unpaired) electrons. The van der Waals surface area contributed by atoms with Gasteiger partial charge in [-0.2, -0.15) is 0 Å². The minimum Gasteiger partial charge on any atom is -0.399 e. The van der Waals surface area contributed by atoms with Crippen LogP contribution in [0.15, 0.2) is 18.2 Å². The fourth-order valence-corrected chi connectivity index (χ4v) is 2.20. The predicted octanol–water partition coefficient (Wildman–Crippen LogP) is 3.96. The number of carbonyl (C=O) groups excluding carboxylic acids is 1. The molecule has 0 saturated carbocycles. The molecule has 1 rings (SSSR count). The van der Waals surface area contributed by atoms with Gasteiger partial charge in [0.2, 0.25) is 0 Å². The highest BCUT2D eigenvalue weighted by molar-refractivity contribution is 6.34. The molecule has 1 aromatic carbocycles. The molecule has 1 unspecified atom stereocenters. The van der Waals surface area contributed by atoms with Gasteiger partial charge in [0.1, 0.15) is 0 Å². The lowest BCUT2D eigenvalue weighted by molar-refractivity contribution is 0.0685. The number of hydrogen-bond donors (Lipinski definition) is 1. The van der Waals surface area contributed by atoms with E-state index in [4.69, 9.17) is 17.3 Å². The smallest absolute Gasteiger partial charge is 0.255 e. The Morgan fingerprint density at radius 1 is 1.42 bits per heavy atom. The molecule has 106 valence electrons. The second-order valence-corrected chi connectivity index (χ2v) is 5.26. The van der Waals surface area contributed by atoms with Gasteiger partial charge in [0.25, 0.3) is 5.91 Å². The zero-order valence-corrected chi connectivity index (χ0v) is 12.7. The molecule has 0 spiro atoms. The highest BCUT2D eigenvalue weighted by Gasteiger charge is 2.21. The molecule has 19 heavy (non-hydrogen) atoms. The molecule has 0 saturated heterocycles. The van der Waals surface area contributed by atoms with Crippen molar-refractivity contribution >= 4 is 23.2 Å². The van der Waals surface area contributed by atoms with Crippen LogP contribution in [0.5, 0.6) is 0 Å². The molecule has 0 fully saturated rings. The fraction of sp³-hybridized carbons (Fsp3) is 0.533. The molecule has 0 aliphatic carbocycles. The molecule has 0 aromatic heterocycles. The second-order valence-electron chi connectivity index (χ2n) is 4.85. The van der Waals surface area contributed by atoms with E-state index in [0.717, 1.165) is 25.8 Å². The van der Waals surface area contributed by atoms with Gasteiger partial charge in [0, 0.05) is 18.3 Å². The second kappa shape index (κ2) is 7.39. The first-order chi connectivity index (χ1) is 9.01. The number of rotatable bonds is 6. The number of nitrogens with two attached hydrogens (primary N) is 1. The standard InChI is InChI=1S/C15H23ClN2O/c1-4-6-9-18(11(3)5-2)15(19)13-8-7-12(17)10-14(13)16/h7-8,10-11H,4-6,9,17H2,1-3H3. The quantitative estimate of drug-likeness (QED) is 0.803. The minimum absolute atomic E-state index is 0.00667. The third kappa shape index (κ3) is 4.13. The first-order valence-corrected chi connectivity index (χ1v) is 7.25. The minimum atomic E-state index is -0.00667. The summed E-state index contributed by atoms with van der Waals surface area (Å²) in [6.45, 7) is 7.04. The van der Waals surface area contributed by atoms with Gasteiger partial charge in [-0.25, -0.2) is 0 Å². The van der Waals surface area contributed by atoms with Gasteiger partial charge < -0.3 is 10.6 Å². The van der Waals surface area contributed by atoms with Crippen molar-refractivity contribution in [2.24, 2.45) is 0 Å². The van der Waals surface area contributed by atoms with Crippen LogP contribution in [0.2, 0.25) is 5.02 Å². The molecule has 2 N–H and O–H groups in total. The Morgan fingerprint density at radius 3 is 2.63 bits per heavy atom. The summed E-state index contributed by atoms with van der Waals surface area (Å²) in [5, 5.41) is 0.426. The van der Waals surface area contributed by atoms with Crippen molar-refractivity contribution in [3.63, 3.8) is 0 Å². The normalized spacial score (nSPS) is 12.2. The van der Waals surface area contributed by atoms with Gasteiger partial charge in [-0.3, -0.25) is 4.79 Å². The zero-order chi connectivity index (χ0) is 14.4. The Bertz CT molecular complexity index is 434. The number of amides is 1. The summed E-state index contributed by atoms with van der Waals surface area (Å²) in [5.41, 5.74) is 6.77. The number of benzene rings is 1. The first kappa shape index (κ1) is 15.8.